The molecule has 1 aromatic heterocycles. The summed E-state index contributed by atoms with van der Waals surface area (Å²) in [6.45, 7) is 3.80. The van der Waals surface area contributed by atoms with E-state index >= 15 is 0 Å². The fourth-order valence-electron chi connectivity index (χ4n) is 4.41. The van der Waals surface area contributed by atoms with Crippen molar-refractivity contribution >= 4 is 23.5 Å². The van der Waals surface area contributed by atoms with Gasteiger partial charge in [-0.25, -0.2) is 0 Å². The van der Waals surface area contributed by atoms with Crippen molar-refractivity contribution in [3.8, 4) is 11.5 Å². The molecule has 5 N–H and O–H groups in total. The van der Waals surface area contributed by atoms with Gasteiger partial charge in [0.25, 0.3) is 0 Å². The number of nitrogens with two attached hydrogens (primary N) is 1. The van der Waals surface area contributed by atoms with Gasteiger partial charge in [0.2, 0.25) is 24.6 Å². The van der Waals surface area contributed by atoms with Crippen LogP contribution >= 0.6 is 0 Å². The number of nitrogens with one attached hydrogen (secondary N) is 3. The zero-order chi connectivity index (χ0) is 28.8. The van der Waals surface area contributed by atoms with E-state index < -0.39 is 0 Å². The standard InChI is InChI=1S/C31H37N7O4/c32-14-16-39-18-19-40-17-15-33-29-36-30(38-31(37-29)35-26-12-13-27-28(20-26)42-22-41-27)34-21-25-9-5-4-8-24(25)11-10-23-6-2-1-3-7-23/h1-9,12-13,20H,10-11,14-19,21-22,32H2,(H3,33,34,35,36,37,38). The van der Waals surface area contributed by atoms with Crippen LogP contribution in [0, 0.1) is 0 Å². The Balaban J connectivity index is 1.24. The average molecular weight is 572 g/mol. The van der Waals surface area contributed by atoms with Crippen LogP contribution in [0.25, 0.3) is 0 Å². The lowest BCUT2D eigenvalue weighted by Crippen LogP contribution is -2.17. The van der Waals surface area contributed by atoms with Crippen molar-refractivity contribution in [1.82, 2.24) is 15.0 Å². The lowest BCUT2D eigenvalue weighted by Gasteiger charge is -2.13. The van der Waals surface area contributed by atoms with Crippen LogP contribution in [0.2, 0.25) is 0 Å². The number of rotatable bonds is 17. The van der Waals surface area contributed by atoms with Crippen LogP contribution in [0.3, 0.4) is 0 Å². The van der Waals surface area contributed by atoms with Crippen LogP contribution in [0.5, 0.6) is 11.5 Å². The van der Waals surface area contributed by atoms with Gasteiger partial charge in [-0.3, -0.25) is 0 Å². The maximum Gasteiger partial charge on any atom is 0.233 e. The molecule has 0 saturated carbocycles. The third-order valence-corrected chi connectivity index (χ3v) is 6.51. The van der Waals surface area contributed by atoms with Gasteiger partial charge >= 0.3 is 0 Å². The molecule has 0 fully saturated rings. The zero-order valence-electron chi connectivity index (χ0n) is 23.6. The number of aryl methyl sites for hydroxylation is 2. The first-order valence-corrected chi connectivity index (χ1v) is 14.1. The van der Waals surface area contributed by atoms with Crippen LogP contribution < -0.4 is 31.2 Å². The first-order valence-electron chi connectivity index (χ1n) is 14.1. The predicted molar refractivity (Wildman–Crippen MR) is 162 cm³/mol. The number of fused-ring (bicyclic) bond motifs is 1. The summed E-state index contributed by atoms with van der Waals surface area (Å²) in [5, 5.41) is 9.88. The smallest absolute Gasteiger partial charge is 0.233 e. The van der Waals surface area contributed by atoms with E-state index in [9.17, 15) is 0 Å². The minimum Gasteiger partial charge on any atom is -0.454 e. The largest absolute Gasteiger partial charge is 0.454 e. The molecular weight excluding hydrogens is 534 g/mol. The highest BCUT2D eigenvalue weighted by atomic mass is 16.7. The van der Waals surface area contributed by atoms with E-state index in [1.165, 1.54) is 16.7 Å². The third-order valence-electron chi connectivity index (χ3n) is 6.51. The molecule has 0 saturated heterocycles. The fraction of sp³-hybridized carbons (Fsp3) is 0.323. The summed E-state index contributed by atoms with van der Waals surface area (Å²) in [6, 6.07) is 24.6. The highest BCUT2D eigenvalue weighted by Crippen LogP contribution is 2.34. The molecule has 42 heavy (non-hydrogen) atoms. The molecule has 3 aromatic carbocycles. The number of aromatic nitrogens is 3. The Bertz CT molecular complexity index is 1410. The van der Waals surface area contributed by atoms with Gasteiger partial charge in [0.1, 0.15) is 0 Å². The summed E-state index contributed by atoms with van der Waals surface area (Å²) < 4.78 is 21.9. The maximum absolute atomic E-state index is 5.62. The van der Waals surface area contributed by atoms with Gasteiger partial charge < -0.3 is 40.6 Å². The lowest BCUT2D eigenvalue weighted by atomic mass is 10.00. The Morgan fingerprint density at radius 3 is 2.24 bits per heavy atom. The van der Waals surface area contributed by atoms with Gasteiger partial charge in [-0.1, -0.05) is 54.6 Å². The fourth-order valence-corrected chi connectivity index (χ4v) is 4.41. The van der Waals surface area contributed by atoms with Crippen molar-refractivity contribution in [2.75, 3.05) is 62.3 Å². The number of hydrogen-bond acceptors (Lipinski definition) is 11. The Kier molecular flexibility index (Phi) is 10.7. The van der Waals surface area contributed by atoms with Gasteiger partial charge in [0.15, 0.2) is 11.5 Å². The van der Waals surface area contributed by atoms with E-state index in [0.29, 0.717) is 75.4 Å². The minimum absolute atomic E-state index is 0.209. The average Bonchev–Trinajstić information content (AvgIpc) is 3.49. The Morgan fingerprint density at radius 1 is 0.690 bits per heavy atom. The second-order valence-corrected chi connectivity index (χ2v) is 9.55. The van der Waals surface area contributed by atoms with Crippen molar-refractivity contribution in [3.05, 3.63) is 89.5 Å². The Labute approximate surface area is 245 Å². The molecule has 220 valence electrons. The second-order valence-electron chi connectivity index (χ2n) is 9.55. The maximum atomic E-state index is 5.62. The van der Waals surface area contributed by atoms with Gasteiger partial charge in [-0.15, -0.1) is 0 Å². The molecule has 0 radical (unpaired) electrons. The van der Waals surface area contributed by atoms with E-state index in [1.807, 2.05) is 24.3 Å². The minimum atomic E-state index is 0.209. The Morgan fingerprint density at radius 2 is 1.40 bits per heavy atom. The van der Waals surface area contributed by atoms with Gasteiger partial charge in [-0.05, 0) is 41.7 Å². The van der Waals surface area contributed by atoms with E-state index in [-0.39, 0.29) is 6.79 Å². The second kappa shape index (κ2) is 15.5. The molecule has 11 nitrogen and oxygen atoms in total. The van der Waals surface area contributed by atoms with Gasteiger partial charge in [0, 0.05) is 31.4 Å². The molecule has 0 atom stereocenters. The third kappa shape index (κ3) is 8.77. The monoisotopic (exact) mass is 571 g/mol. The molecule has 11 heteroatoms. The molecule has 0 bridgehead atoms. The molecule has 0 amide bonds. The summed E-state index contributed by atoms with van der Waals surface area (Å²) in [6.07, 6.45) is 1.92. The summed E-state index contributed by atoms with van der Waals surface area (Å²) in [7, 11) is 0. The van der Waals surface area contributed by atoms with Crippen LogP contribution in [-0.4, -0.2) is 61.3 Å². The summed E-state index contributed by atoms with van der Waals surface area (Å²) in [4.78, 5) is 13.8. The van der Waals surface area contributed by atoms with E-state index in [1.54, 1.807) is 0 Å². The number of hydrogen-bond donors (Lipinski definition) is 4. The van der Waals surface area contributed by atoms with Gasteiger partial charge in [0.05, 0.1) is 26.4 Å². The van der Waals surface area contributed by atoms with Gasteiger partial charge in [-0.2, -0.15) is 15.0 Å². The van der Waals surface area contributed by atoms with E-state index in [0.717, 1.165) is 18.5 Å². The van der Waals surface area contributed by atoms with E-state index in [2.05, 4.69) is 79.4 Å². The van der Waals surface area contributed by atoms with Crippen molar-refractivity contribution in [2.45, 2.75) is 19.4 Å². The number of benzene rings is 3. The first kappa shape index (κ1) is 29.1. The quantitative estimate of drug-likeness (QED) is 0.136. The van der Waals surface area contributed by atoms with Crippen LogP contribution in [-0.2, 0) is 28.9 Å². The highest BCUT2D eigenvalue weighted by Gasteiger charge is 2.15. The normalized spacial score (nSPS) is 11.8. The Hall–Kier alpha value is -4.45. The number of ether oxygens (including phenoxy) is 4. The molecule has 5 rings (SSSR count). The number of nitrogens with zero attached hydrogens (tertiary/aromatic N) is 3. The predicted octanol–water partition coefficient (Wildman–Crippen LogP) is 4.15. The SMILES string of the molecule is NCCOCCOCCNc1nc(NCc2ccccc2CCc2ccccc2)nc(Nc2ccc3c(c2)OCO3)n1. The summed E-state index contributed by atoms with van der Waals surface area (Å²) in [5.74, 6) is 2.65. The van der Waals surface area contributed by atoms with Crippen molar-refractivity contribution in [3.63, 3.8) is 0 Å². The summed E-state index contributed by atoms with van der Waals surface area (Å²) >= 11 is 0. The van der Waals surface area contributed by atoms with Crippen LogP contribution in [0.4, 0.5) is 23.5 Å². The van der Waals surface area contributed by atoms with Crippen molar-refractivity contribution in [1.29, 1.82) is 0 Å². The highest BCUT2D eigenvalue weighted by molar-refractivity contribution is 5.61. The first-order chi connectivity index (χ1) is 20.8. The van der Waals surface area contributed by atoms with E-state index in [4.69, 9.17) is 24.7 Å². The lowest BCUT2D eigenvalue weighted by molar-refractivity contribution is 0.0547. The zero-order valence-corrected chi connectivity index (χ0v) is 23.6. The molecule has 2 heterocycles. The number of anilines is 4. The molecule has 0 unspecified atom stereocenters. The van der Waals surface area contributed by atoms with Crippen molar-refractivity contribution < 1.29 is 18.9 Å². The van der Waals surface area contributed by atoms with Crippen LogP contribution in [0.15, 0.2) is 72.8 Å². The molecule has 1 aliphatic heterocycles. The topological polar surface area (TPSA) is 138 Å². The molecule has 4 aromatic rings. The molecular formula is C31H37N7O4. The molecule has 0 aliphatic carbocycles. The van der Waals surface area contributed by atoms with Crippen molar-refractivity contribution in [2.24, 2.45) is 5.73 Å². The summed E-state index contributed by atoms with van der Waals surface area (Å²) in [5.41, 5.74) is 10.0. The molecule has 0 spiro atoms. The van der Waals surface area contributed by atoms with Crippen LogP contribution in [0.1, 0.15) is 16.7 Å². The molecule has 1 aliphatic rings.